The predicted molar refractivity (Wildman–Crippen MR) is 94.3 cm³/mol. The SMILES string of the molecule is CCCCN(C)C(=NCC(c1cccs1)N(C)C)NCC. The normalized spacial score (nSPS) is 13.5. The molecular formula is C16H30N4S. The van der Waals surface area contributed by atoms with Gasteiger partial charge >= 0.3 is 0 Å². The Labute approximate surface area is 133 Å². The van der Waals surface area contributed by atoms with Crippen LogP contribution >= 0.6 is 11.3 Å². The third kappa shape index (κ3) is 6.06. The van der Waals surface area contributed by atoms with Crippen LogP contribution in [-0.2, 0) is 0 Å². The van der Waals surface area contributed by atoms with Crippen molar-refractivity contribution in [2.24, 2.45) is 4.99 Å². The number of nitrogens with zero attached hydrogens (tertiary/aromatic N) is 3. The summed E-state index contributed by atoms with van der Waals surface area (Å²) in [5.74, 6) is 1.01. The number of rotatable bonds is 8. The van der Waals surface area contributed by atoms with Crippen LogP contribution in [0.4, 0.5) is 0 Å². The molecular weight excluding hydrogens is 280 g/mol. The molecule has 1 N–H and O–H groups in total. The maximum atomic E-state index is 4.84. The van der Waals surface area contributed by atoms with E-state index in [9.17, 15) is 0 Å². The van der Waals surface area contributed by atoms with Crippen molar-refractivity contribution < 1.29 is 0 Å². The summed E-state index contributed by atoms with van der Waals surface area (Å²) in [5.41, 5.74) is 0. The Morgan fingerprint density at radius 1 is 1.33 bits per heavy atom. The first-order valence-electron chi connectivity index (χ1n) is 7.79. The van der Waals surface area contributed by atoms with E-state index >= 15 is 0 Å². The lowest BCUT2D eigenvalue weighted by Crippen LogP contribution is -2.40. The first kappa shape index (κ1) is 18.0. The molecule has 0 aliphatic rings. The highest BCUT2D eigenvalue weighted by atomic mass is 32.1. The molecule has 1 heterocycles. The van der Waals surface area contributed by atoms with E-state index in [1.165, 1.54) is 17.7 Å². The lowest BCUT2D eigenvalue weighted by Gasteiger charge is -2.25. The summed E-state index contributed by atoms with van der Waals surface area (Å²) in [6.07, 6.45) is 2.40. The molecule has 21 heavy (non-hydrogen) atoms. The monoisotopic (exact) mass is 310 g/mol. The van der Waals surface area contributed by atoms with Crippen LogP contribution in [0.1, 0.15) is 37.6 Å². The van der Waals surface area contributed by atoms with Crippen LogP contribution in [0, 0.1) is 0 Å². The molecule has 0 saturated carbocycles. The lowest BCUT2D eigenvalue weighted by atomic mass is 10.2. The number of nitrogens with one attached hydrogen (secondary N) is 1. The van der Waals surface area contributed by atoms with Crippen molar-refractivity contribution in [3.63, 3.8) is 0 Å². The summed E-state index contributed by atoms with van der Waals surface area (Å²) in [5, 5.41) is 5.52. The molecule has 1 rings (SSSR count). The van der Waals surface area contributed by atoms with E-state index < -0.39 is 0 Å². The van der Waals surface area contributed by atoms with Gasteiger partial charge in [-0.2, -0.15) is 0 Å². The number of guanidine groups is 1. The summed E-state index contributed by atoms with van der Waals surface area (Å²) in [7, 11) is 6.36. The van der Waals surface area contributed by atoms with E-state index in [0.29, 0.717) is 6.04 Å². The predicted octanol–water partition coefficient (Wildman–Crippen LogP) is 3.05. The fourth-order valence-electron chi connectivity index (χ4n) is 2.13. The van der Waals surface area contributed by atoms with Gasteiger partial charge in [-0.25, -0.2) is 0 Å². The van der Waals surface area contributed by atoms with E-state index in [4.69, 9.17) is 4.99 Å². The molecule has 0 spiro atoms. The van der Waals surface area contributed by atoms with Gasteiger partial charge in [-0.3, -0.25) is 4.99 Å². The summed E-state index contributed by atoms with van der Waals surface area (Å²) >= 11 is 1.80. The topological polar surface area (TPSA) is 30.9 Å². The zero-order valence-electron chi connectivity index (χ0n) is 14.1. The van der Waals surface area contributed by atoms with Crippen LogP contribution in [0.25, 0.3) is 0 Å². The second-order valence-corrected chi connectivity index (χ2v) is 6.44. The van der Waals surface area contributed by atoms with Gasteiger partial charge in [0.1, 0.15) is 0 Å². The molecule has 120 valence electrons. The molecule has 0 aliphatic carbocycles. The van der Waals surface area contributed by atoms with E-state index in [1.54, 1.807) is 11.3 Å². The smallest absolute Gasteiger partial charge is 0.193 e. The molecule has 1 unspecified atom stereocenters. The number of hydrogen-bond acceptors (Lipinski definition) is 3. The maximum Gasteiger partial charge on any atom is 0.193 e. The van der Waals surface area contributed by atoms with Crippen molar-refractivity contribution in [2.45, 2.75) is 32.7 Å². The van der Waals surface area contributed by atoms with Crippen LogP contribution in [0.3, 0.4) is 0 Å². The van der Waals surface area contributed by atoms with Gasteiger partial charge in [0, 0.05) is 25.0 Å². The molecule has 0 radical (unpaired) electrons. The number of aliphatic imine (C=N–C) groups is 1. The van der Waals surface area contributed by atoms with Gasteiger partial charge in [-0.15, -0.1) is 11.3 Å². The highest BCUT2D eigenvalue weighted by Gasteiger charge is 2.15. The molecule has 4 nitrogen and oxygen atoms in total. The van der Waals surface area contributed by atoms with Crippen molar-refractivity contribution in [3.8, 4) is 0 Å². The second-order valence-electron chi connectivity index (χ2n) is 5.46. The fourth-order valence-corrected chi connectivity index (χ4v) is 3.05. The molecule has 0 saturated heterocycles. The van der Waals surface area contributed by atoms with E-state index in [0.717, 1.165) is 25.6 Å². The van der Waals surface area contributed by atoms with Crippen molar-refractivity contribution in [1.29, 1.82) is 0 Å². The molecule has 0 bridgehead atoms. The summed E-state index contributed by atoms with van der Waals surface area (Å²) < 4.78 is 0. The van der Waals surface area contributed by atoms with Gasteiger partial charge in [-0.1, -0.05) is 19.4 Å². The van der Waals surface area contributed by atoms with Gasteiger partial charge in [-0.05, 0) is 38.9 Å². The standard InChI is InChI=1S/C16H30N4S/c1-6-8-11-20(5)16(17-7-2)18-13-14(19(3)4)15-10-9-12-21-15/h9-10,12,14H,6-8,11,13H2,1-5H3,(H,17,18). The molecule has 0 fully saturated rings. The number of likely N-dealkylation sites (N-methyl/N-ethyl adjacent to an activating group) is 1. The van der Waals surface area contributed by atoms with Crippen LogP contribution in [0.15, 0.2) is 22.5 Å². The minimum atomic E-state index is 0.346. The van der Waals surface area contributed by atoms with Crippen molar-refractivity contribution in [3.05, 3.63) is 22.4 Å². The Balaban J connectivity index is 2.74. The number of thiophene rings is 1. The van der Waals surface area contributed by atoms with Gasteiger partial charge in [0.15, 0.2) is 5.96 Å². The average molecular weight is 311 g/mol. The Bertz CT molecular complexity index is 400. The lowest BCUT2D eigenvalue weighted by molar-refractivity contribution is 0.309. The highest BCUT2D eigenvalue weighted by Crippen LogP contribution is 2.23. The van der Waals surface area contributed by atoms with E-state index in [1.807, 2.05) is 0 Å². The Morgan fingerprint density at radius 2 is 2.10 bits per heavy atom. The van der Waals surface area contributed by atoms with Gasteiger partial charge < -0.3 is 15.1 Å². The molecule has 1 aromatic rings. The minimum Gasteiger partial charge on any atom is -0.357 e. The summed E-state index contributed by atoms with van der Waals surface area (Å²) in [6, 6.07) is 4.65. The van der Waals surface area contributed by atoms with Crippen LogP contribution in [0.5, 0.6) is 0 Å². The quantitative estimate of drug-likeness (QED) is 0.591. The van der Waals surface area contributed by atoms with Gasteiger partial charge in [0.05, 0.1) is 12.6 Å². The zero-order valence-corrected chi connectivity index (χ0v) is 14.9. The van der Waals surface area contributed by atoms with Crippen LogP contribution in [0.2, 0.25) is 0 Å². The van der Waals surface area contributed by atoms with Crippen LogP contribution < -0.4 is 5.32 Å². The largest absolute Gasteiger partial charge is 0.357 e. The average Bonchev–Trinajstić information content (AvgIpc) is 2.97. The Hall–Kier alpha value is -1.07. The van der Waals surface area contributed by atoms with Crippen molar-refractivity contribution in [1.82, 2.24) is 15.1 Å². The highest BCUT2D eigenvalue weighted by molar-refractivity contribution is 7.10. The van der Waals surface area contributed by atoms with Gasteiger partial charge in [0.2, 0.25) is 0 Å². The third-order valence-electron chi connectivity index (χ3n) is 3.45. The first-order valence-corrected chi connectivity index (χ1v) is 8.67. The van der Waals surface area contributed by atoms with E-state index in [2.05, 4.69) is 67.6 Å². The first-order chi connectivity index (χ1) is 10.1. The summed E-state index contributed by atoms with van der Waals surface area (Å²) in [6.45, 7) is 7.07. The minimum absolute atomic E-state index is 0.346. The second kappa shape index (κ2) is 9.79. The maximum absolute atomic E-state index is 4.84. The van der Waals surface area contributed by atoms with Gasteiger partial charge in [0.25, 0.3) is 0 Å². The molecule has 1 atom stereocenters. The molecule has 0 amide bonds. The molecule has 1 aromatic heterocycles. The Kier molecular flexibility index (Phi) is 8.38. The molecule has 0 aliphatic heterocycles. The Morgan fingerprint density at radius 3 is 2.62 bits per heavy atom. The number of unbranched alkanes of at least 4 members (excludes halogenated alkanes) is 1. The zero-order chi connectivity index (χ0) is 15.7. The fraction of sp³-hybridized carbons (Fsp3) is 0.688. The molecule has 5 heteroatoms. The third-order valence-corrected chi connectivity index (χ3v) is 4.43. The van der Waals surface area contributed by atoms with Crippen molar-refractivity contribution >= 4 is 17.3 Å². The van der Waals surface area contributed by atoms with E-state index in [-0.39, 0.29) is 0 Å². The summed E-state index contributed by atoms with van der Waals surface area (Å²) in [4.78, 5) is 10.7. The van der Waals surface area contributed by atoms with Crippen LogP contribution in [-0.4, -0.2) is 56.5 Å². The number of hydrogen-bond donors (Lipinski definition) is 1. The molecule has 0 aromatic carbocycles. The van der Waals surface area contributed by atoms with Crippen molar-refractivity contribution in [2.75, 3.05) is 40.8 Å².